The fourth-order valence-electron chi connectivity index (χ4n) is 1.17. The predicted molar refractivity (Wildman–Crippen MR) is 56.7 cm³/mol. The van der Waals surface area contributed by atoms with E-state index in [0.29, 0.717) is 5.69 Å². The summed E-state index contributed by atoms with van der Waals surface area (Å²) in [6.07, 6.45) is 1.71. The van der Waals surface area contributed by atoms with E-state index in [1.54, 1.807) is 12.3 Å². The molecule has 1 heterocycles. The van der Waals surface area contributed by atoms with Gasteiger partial charge in [-0.1, -0.05) is 6.07 Å². The second kappa shape index (κ2) is 5.25. The Bertz CT molecular complexity index is 538. The lowest BCUT2D eigenvalue weighted by atomic mass is 10.2. The van der Waals surface area contributed by atoms with Crippen LogP contribution in [-0.4, -0.2) is 12.2 Å². The van der Waals surface area contributed by atoms with Gasteiger partial charge in [-0.05, 0) is 18.2 Å². The molecule has 0 aliphatic carbocycles. The number of diazo groups is 1. The molecule has 1 aromatic carbocycles. The van der Waals surface area contributed by atoms with E-state index < -0.39 is 7.25 Å². The minimum atomic E-state index is -6.00. The van der Waals surface area contributed by atoms with Crippen LogP contribution in [0.4, 0.5) is 23.0 Å². The summed E-state index contributed by atoms with van der Waals surface area (Å²) >= 11 is 0. The third-order valence-corrected chi connectivity index (χ3v) is 1.73. The van der Waals surface area contributed by atoms with Crippen molar-refractivity contribution in [2.45, 2.75) is 0 Å². The summed E-state index contributed by atoms with van der Waals surface area (Å²) in [7, 11) is -6.00. The average Bonchev–Trinajstić information content (AvgIpc) is 2.26. The third-order valence-electron chi connectivity index (χ3n) is 1.73. The third kappa shape index (κ3) is 4.46. The molecule has 88 valence electrons. The summed E-state index contributed by atoms with van der Waals surface area (Å²) in [6.45, 7) is 0. The monoisotopic (exact) mass is 243 g/mol. The zero-order chi connectivity index (χ0) is 12.9. The van der Waals surface area contributed by atoms with Gasteiger partial charge in [0, 0.05) is 12.3 Å². The number of fused-ring (bicyclic) bond motifs is 1. The molecule has 0 spiro atoms. The van der Waals surface area contributed by atoms with Gasteiger partial charge in [0.15, 0.2) is 4.98 Å². The fraction of sp³-hybridized carbons (Fsp3) is 0. The first-order valence-corrected chi connectivity index (χ1v) is 4.48. The van der Waals surface area contributed by atoms with Crippen molar-refractivity contribution in [1.82, 2.24) is 4.98 Å². The molecule has 0 fully saturated rings. The van der Waals surface area contributed by atoms with Crippen LogP contribution in [0.2, 0.25) is 0 Å². The minimum absolute atomic E-state index is 0.556. The van der Waals surface area contributed by atoms with Crippen LogP contribution in [0.1, 0.15) is 0 Å². The Balaban J connectivity index is 0.000000249. The number of benzene rings is 1. The Hall–Kier alpha value is -2.17. The predicted octanol–water partition coefficient (Wildman–Crippen LogP) is 4.02. The van der Waals surface area contributed by atoms with Crippen molar-refractivity contribution < 1.29 is 17.3 Å². The molecule has 0 saturated carbocycles. The SMILES string of the molecule is F[B-](F)(F)F.N#[N+]c1cccc2ncccc12. The smallest absolute Gasteiger partial charge is 0.418 e. The summed E-state index contributed by atoms with van der Waals surface area (Å²) < 4.78 is 39.0. The first-order chi connectivity index (χ1) is 7.92. The lowest BCUT2D eigenvalue weighted by molar-refractivity contribution is 0.368. The Morgan fingerprint density at radius 2 is 1.71 bits per heavy atom. The number of halogens is 4. The maximum Gasteiger partial charge on any atom is 0.673 e. The van der Waals surface area contributed by atoms with Crippen molar-refractivity contribution in [2.75, 3.05) is 0 Å². The highest BCUT2D eigenvalue weighted by Crippen LogP contribution is 2.23. The zero-order valence-electron chi connectivity index (χ0n) is 8.39. The molecule has 8 heteroatoms. The van der Waals surface area contributed by atoms with Crippen LogP contribution >= 0.6 is 0 Å². The molecule has 2 aromatic rings. The summed E-state index contributed by atoms with van der Waals surface area (Å²) in [5.74, 6) is 0. The molecular weight excluding hydrogens is 237 g/mol. The summed E-state index contributed by atoms with van der Waals surface area (Å²) in [6, 6.07) is 9.12. The van der Waals surface area contributed by atoms with Gasteiger partial charge in [0.1, 0.15) is 0 Å². The van der Waals surface area contributed by atoms with Crippen LogP contribution in [0.25, 0.3) is 15.9 Å². The van der Waals surface area contributed by atoms with Gasteiger partial charge in [0.2, 0.25) is 5.39 Å². The highest BCUT2D eigenvalue weighted by Gasteiger charge is 2.20. The van der Waals surface area contributed by atoms with Crippen molar-refractivity contribution in [3.8, 4) is 0 Å². The Morgan fingerprint density at radius 3 is 2.29 bits per heavy atom. The normalized spacial score (nSPS) is 10.3. The lowest BCUT2D eigenvalue weighted by Crippen LogP contribution is -2.02. The van der Waals surface area contributed by atoms with Gasteiger partial charge in [-0.3, -0.25) is 4.98 Å². The molecule has 0 atom stereocenters. The van der Waals surface area contributed by atoms with Gasteiger partial charge in [-0.15, -0.1) is 0 Å². The summed E-state index contributed by atoms with van der Waals surface area (Å²) in [5.41, 5.74) is 1.40. The Morgan fingerprint density at radius 1 is 1.06 bits per heavy atom. The molecule has 0 radical (unpaired) electrons. The maximum absolute atomic E-state index is 9.75. The molecule has 0 aliphatic heterocycles. The maximum atomic E-state index is 9.75. The molecule has 3 nitrogen and oxygen atoms in total. The van der Waals surface area contributed by atoms with E-state index in [-0.39, 0.29) is 0 Å². The van der Waals surface area contributed by atoms with E-state index in [4.69, 9.17) is 5.39 Å². The minimum Gasteiger partial charge on any atom is -0.418 e. The van der Waals surface area contributed by atoms with Gasteiger partial charge >= 0.3 is 12.9 Å². The second-order valence-corrected chi connectivity index (χ2v) is 2.94. The van der Waals surface area contributed by atoms with Crippen LogP contribution in [0.3, 0.4) is 0 Å². The number of hydrogen-bond acceptors (Lipinski definition) is 2. The molecule has 1 aromatic heterocycles. The van der Waals surface area contributed by atoms with Crippen molar-refractivity contribution in [2.24, 2.45) is 0 Å². The van der Waals surface area contributed by atoms with Gasteiger partial charge < -0.3 is 17.3 Å². The zero-order valence-corrected chi connectivity index (χ0v) is 8.39. The quantitative estimate of drug-likeness (QED) is 0.398. The second-order valence-electron chi connectivity index (χ2n) is 2.94. The van der Waals surface area contributed by atoms with Crippen LogP contribution in [0.15, 0.2) is 36.5 Å². The van der Waals surface area contributed by atoms with E-state index >= 15 is 0 Å². The topological polar surface area (TPSA) is 41.0 Å². The molecule has 2 rings (SSSR count). The number of pyridine rings is 1. The van der Waals surface area contributed by atoms with Crippen molar-refractivity contribution >= 4 is 23.8 Å². The highest BCUT2D eigenvalue weighted by molar-refractivity contribution is 6.50. The van der Waals surface area contributed by atoms with Gasteiger partial charge in [-0.25, -0.2) is 0 Å². The van der Waals surface area contributed by atoms with Crippen LogP contribution in [0, 0.1) is 5.39 Å². The first-order valence-electron chi connectivity index (χ1n) is 4.48. The molecule has 0 saturated heterocycles. The standard InChI is InChI=1S/C9H6N3.BF4/c10-12-9-5-1-4-8-7(9)3-2-6-11-8;2-1(3,4)5/h1-6H;/q+1;-1. The molecule has 0 amide bonds. The number of rotatable bonds is 0. The van der Waals surface area contributed by atoms with E-state index in [2.05, 4.69) is 9.96 Å². The average molecular weight is 243 g/mol. The van der Waals surface area contributed by atoms with Crippen molar-refractivity contribution in [3.63, 3.8) is 0 Å². The molecule has 0 unspecified atom stereocenters. The summed E-state index contributed by atoms with van der Waals surface area (Å²) in [5, 5.41) is 9.50. The highest BCUT2D eigenvalue weighted by atomic mass is 19.5. The number of aromatic nitrogens is 1. The van der Waals surface area contributed by atoms with Gasteiger partial charge in [0.25, 0.3) is 0 Å². The first kappa shape index (κ1) is 12.9. The van der Waals surface area contributed by atoms with Gasteiger partial charge in [-0.2, -0.15) is 0 Å². The lowest BCUT2D eigenvalue weighted by Gasteiger charge is -1.94. The van der Waals surface area contributed by atoms with E-state index in [1.807, 2.05) is 24.3 Å². The fourth-order valence-corrected chi connectivity index (χ4v) is 1.17. The Kier molecular flexibility index (Phi) is 3.98. The van der Waals surface area contributed by atoms with E-state index in [9.17, 15) is 17.3 Å². The molecule has 0 N–H and O–H groups in total. The van der Waals surface area contributed by atoms with Crippen LogP contribution in [0.5, 0.6) is 0 Å². The molecule has 17 heavy (non-hydrogen) atoms. The Labute approximate surface area is 93.8 Å². The largest absolute Gasteiger partial charge is 0.673 e. The van der Waals surface area contributed by atoms with E-state index in [0.717, 1.165) is 10.9 Å². The van der Waals surface area contributed by atoms with Crippen molar-refractivity contribution in [1.29, 1.82) is 5.39 Å². The number of hydrogen-bond donors (Lipinski definition) is 0. The molecule has 0 aliphatic rings. The van der Waals surface area contributed by atoms with E-state index in [1.165, 1.54) is 0 Å². The van der Waals surface area contributed by atoms with Gasteiger partial charge in [0.05, 0.1) is 10.9 Å². The number of nitrogens with zero attached hydrogens (tertiary/aromatic N) is 3. The summed E-state index contributed by atoms with van der Waals surface area (Å²) in [4.78, 5) is 7.28. The molecule has 0 bridgehead atoms. The van der Waals surface area contributed by atoms with Crippen LogP contribution in [-0.2, 0) is 0 Å². The molecular formula is C9H6BF4N3. The van der Waals surface area contributed by atoms with Crippen molar-refractivity contribution in [3.05, 3.63) is 41.5 Å². The van der Waals surface area contributed by atoms with Crippen LogP contribution < -0.4 is 0 Å².